The van der Waals surface area contributed by atoms with Gasteiger partial charge in [-0.1, -0.05) is 18.2 Å². The Morgan fingerprint density at radius 3 is 2.62 bits per heavy atom. The van der Waals surface area contributed by atoms with E-state index in [0.717, 1.165) is 23.8 Å². The van der Waals surface area contributed by atoms with Crippen molar-refractivity contribution in [2.75, 3.05) is 0 Å². The Balaban J connectivity index is 1.36. The van der Waals surface area contributed by atoms with E-state index in [1.54, 1.807) is 0 Å². The van der Waals surface area contributed by atoms with Crippen molar-refractivity contribution in [3.05, 3.63) is 36.0 Å². The Morgan fingerprint density at radius 2 is 1.90 bits per heavy atom. The third kappa shape index (κ3) is 2.82. The van der Waals surface area contributed by atoms with Crippen LogP contribution >= 0.6 is 0 Å². The summed E-state index contributed by atoms with van der Waals surface area (Å²) in [5.41, 5.74) is 2.40. The largest absolute Gasteiger partial charge is 0.361 e. The molecule has 0 saturated heterocycles. The van der Waals surface area contributed by atoms with E-state index in [0.29, 0.717) is 12.5 Å². The van der Waals surface area contributed by atoms with Gasteiger partial charge in [-0.3, -0.25) is 4.79 Å². The lowest BCUT2D eigenvalue weighted by molar-refractivity contribution is -0.122. The van der Waals surface area contributed by atoms with Crippen LogP contribution < -0.4 is 5.32 Å². The molecule has 2 aliphatic rings. The van der Waals surface area contributed by atoms with Crippen molar-refractivity contribution in [2.45, 2.75) is 44.6 Å². The number of aromatic amines is 1. The van der Waals surface area contributed by atoms with Crippen molar-refractivity contribution >= 4 is 16.8 Å². The number of amides is 1. The van der Waals surface area contributed by atoms with E-state index < -0.39 is 0 Å². The summed E-state index contributed by atoms with van der Waals surface area (Å²) >= 11 is 0. The van der Waals surface area contributed by atoms with E-state index in [9.17, 15) is 4.79 Å². The first-order valence-corrected chi connectivity index (χ1v) is 8.15. The summed E-state index contributed by atoms with van der Waals surface area (Å²) in [5.74, 6) is 1.77. The van der Waals surface area contributed by atoms with Crippen LogP contribution in [0.4, 0.5) is 0 Å². The van der Waals surface area contributed by atoms with Crippen molar-refractivity contribution in [3.8, 4) is 0 Å². The minimum Gasteiger partial charge on any atom is -0.361 e. The Morgan fingerprint density at radius 1 is 1.19 bits per heavy atom. The fourth-order valence-corrected chi connectivity index (χ4v) is 3.38. The molecule has 110 valence electrons. The molecule has 2 N–H and O–H groups in total. The van der Waals surface area contributed by atoms with Gasteiger partial charge in [-0.25, -0.2) is 0 Å². The molecule has 0 atom stereocenters. The van der Waals surface area contributed by atoms with Crippen LogP contribution in [0.15, 0.2) is 30.5 Å². The zero-order valence-corrected chi connectivity index (χ0v) is 12.3. The van der Waals surface area contributed by atoms with Gasteiger partial charge in [-0.2, -0.15) is 0 Å². The average Bonchev–Trinajstić information content (AvgIpc) is 3.40. The molecule has 4 rings (SSSR count). The van der Waals surface area contributed by atoms with E-state index >= 15 is 0 Å². The van der Waals surface area contributed by atoms with E-state index in [1.165, 1.54) is 36.6 Å². The molecule has 1 heterocycles. The van der Waals surface area contributed by atoms with E-state index in [2.05, 4.69) is 28.5 Å². The highest BCUT2D eigenvalue weighted by Crippen LogP contribution is 2.44. The Labute approximate surface area is 125 Å². The molecule has 0 bridgehead atoms. The number of carbonyl (C=O) groups is 1. The summed E-state index contributed by atoms with van der Waals surface area (Å²) in [6, 6.07) is 8.76. The molecule has 1 aromatic carbocycles. The van der Waals surface area contributed by atoms with Gasteiger partial charge in [0.05, 0.1) is 0 Å². The SMILES string of the molecule is O=C(CCc1c[nH]c2ccccc12)NC(C1CC1)C1CC1. The van der Waals surface area contributed by atoms with Crippen molar-refractivity contribution in [1.29, 1.82) is 0 Å². The number of fused-ring (bicyclic) bond motifs is 1. The van der Waals surface area contributed by atoms with Crippen molar-refractivity contribution in [3.63, 3.8) is 0 Å². The Kier molecular flexibility index (Phi) is 3.21. The number of hydrogen-bond donors (Lipinski definition) is 2. The van der Waals surface area contributed by atoms with Crippen LogP contribution in [-0.4, -0.2) is 16.9 Å². The number of aromatic nitrogens is 1. The highest BCUT2D eigenvalue weighted by molar-refractivity contribution is 5.84. The molecular formula is C18H22N2O. The van der Waals surface area contributed by atoms with Crippen LogP contribution in [0.2, 0.25) is 0 Å². The summed E-state index contributed by atoms with van der Waals surface area (Å²) in [6.45, 7) is 0. The maximum Gasteiger partial charge on any atom is 0.220 e. The van der Waals surface area contributed by atoms with Crippen molar-refractivity contribution in [2.24, 2.45) is 11.8 Å². The zero-order chi connectivity index (χ0) is 14.2. The summed E-state index contributed by atoms with van der Waals surface area (Å²) in [7, 11) is 0. The number of hydrogen-bond acceptors (Lipinski definition) is 1. The van der Waals surface area contributed by atoms with Gasteiger partial charge in [-0.05, 0) is 55.6 Å². The third-order valence-electron chi connectivity index (χ3n) is 4.88. The van der Waals surface area contributed by atoms with Crippen LogP contribution in [0.5, 0.6) is 0 Å². The molecule has 1 aromatic heterocycles. The second-order valence-electron chi connectivity index (χ2n) is 6.63. The van der Waals surface area contributed by atoms with Crippen molar-refractivity contribution < 1.29 is 4.79 Å². The van der Waals surface area contributed by atoms with E-state index in [4.69, 9.17) is 0 Å². The van der Waals surface area contributed by atoms with Gasteiger partial charge in [0.1, 0.15) is 0 Å². The maximum atomic E-state index is 12.2. The van der Waals surface area contributed by atoms with Crippen LogP contribution in [0, 0.1) is 11.8 Å². The monoisotopic (exact) mass is 282 g/mol. The number of nitrogens with one attached hydrogen (secondary N) is 2. The number of para-hydroxylation sites is 1. The lowest BCUT2D eigenvalue weighted by atomic mass is 10.1. The van der Waals surface area contributed by atoms with Gasteiger partial charge in [0.2, 0.25) is 5.91 Å². The normalized spacial score (nSPS) is 18.3. The number of rotatable bonds is 6. The predicted molar refractivity (Wildman–Crippen MR) is 84.0 cm³/mol. The van der Waals surface area contributed by atoms with Crippen LogP contribution in [0.25, 0.3) is 10.9 Å². The van der Waals surface area contributed by atoms with E-state index in [-0.39, 0.29) is 5.91 Å². The standard InChI is InChI=1S/C18H22N2O/c21-17(20-18(12-5-6-12)13-7-8-13)10-9-14-11-19-16-4-2-1-3-15(14)16/h1-4,11-13,18-19H,5-10H2,(H,20,21). The smallest absolute Gasteiger partial charge is 0.220 e. The summed E-state index contributed by atoms with van der Waals surface area (Å²) in [5, 5.41) is 4.54. The average molecular weight is 282 g/mol. The molecular weight excluding hydrogens is 260 g/mol. The highest BCUT2D eigenvalue weighted by atomic mass is 16.1. The first kappa shape index (κ1) is 12.9. The summed E-state index contributed by atoms with van der Waals surface area (Å²) < 4.78 is 0. The van der Waals surface area contributed by atoms with Gasteiger partial charge in [0.15, 0.2) is 0 Å². The van der Waals surface area contributed by atoms with Crippen LogP contribution in [0.3, 0.4) is 0 Å². The molecule has 2 aromatic rings. The number of H-pyrrole nitrogens is 1. The molecule has 3 heteroatoms. The second-order valence-corrected chi connectivity index (χ2v) is 6.63. The highest BCUT2D eigenvalue weighted by Gasteiger charge is 2.42. The molecule has 0 radical (unpaired) electrons. The lowest BCUT2D eigenvalue weighted by Gasteiger charge is -2.17. The summed E-state index contributed by atoms with van der Waals surface area (Å²) in [6.07, 6.45) is 8.69. The number of carbonyl (C=O) groups excluding carboxylic acids is 1. The molecule has 21 heavy (non-hydrogen) atoms. The van der Waals surface area contributed by atoms with Crippen LogP contribution in [0.1, 0.15) is 37.7 Å². The fourth-order valence-electron chi connectivity index (χ4n) is 3.38. The quantitative estimate of drug-likeness (QED) is 0.838. The molecule has 3 nitrogen and oxygen atoms in total. The fraction of sp³-hybridized carbons (Fsp3) is 0.500. The molecule has 0 aliphatic heterocycles. The lowest BCUT2D eigenvalue weighted by Crippen LogP contribution is -2.38. The topological polar surface area (TPSA) is 44.9 Å². The van der Waals surface area contributed by atoms with Crippen molar-refractivity contribution in [1.82, 2.24) is 10.3 Å². The molecule has 2 aliphatic carbocycles. The van der Waals surface area contributed by atoms with Gasteiger partial charge in [0.25, 0.3) is 0 Å². The molecule has 2 fully saturated rings. The molecule has 2 saturated carbocycles. The number of benzene rings is 1. The predicted octanol–water partition coefficient (Wildman–Crippen LogP) is 3.41. The Bertz CT molecular complexity index is 640. The zero-order valence-electron chi connectivity index (χ0n) is 12.3. The molecule has 0 unspecified atom stereocenters. The first-order chi connectivity index (χ1) is 10.3. The van der Waals surface area contributed by atoms with Gasteiger partial charge in [-0.15, -0.1) is 0 Å². The first-order valence-electron chi connectivity index (χ1n) is 8.15. The van der Waals surface area contributed by atoms with Gasteiger partial charge >= 0.3 is 0 Å². The number of aryl methyl sites for hydroxylation is 1. The molecule has 1 amide bonds. The van der Waals surface area contributed by atoms with Gasteiger partial charge in [0, 0.05) is 29.6 Å². The second kappa shape index (κ2) is 5.21. The summed E-state index contributed by atoms with van der Waals surface area (Å²) in [4.78, 5) is 15.5. The minimum absolute atomic E-state index is 0.226. The Hall–Kier alpha value is -1.77. The minimum atomic E-state index is 0.226. The molecule has 0 spiro atoms. The maximum absolute atomic E-state index is 12.2. The van der Waals surface area contributed by atoms with Gasteiger partial charge < -0.3 is 10.3 Å². The van der Waals surface area contributed by atoms with Crippen LogP contribution in [-0.2, 0) is 11.2 Å². The van der Waals surface area contributed by atoms with E-state index in [1.807, 2.05) is 12.3 Å². The third-order valence-corrected chi connectivity index (χ3v) is 4.88.